The molecule has 1 atom stereocenters. The molecule has 28 heavy (non-hydrogen) atoms. The van der Waals surface area contributed by atoms with Crippen molar-refractivity contribution < 1.29 is 23.9 Å². The second kappa shape index (κ2) is 8.56. The van der Waals surface area contributed by atoms with Crippen molar-refractivity contribution in [2.24, 2.45) is 5.92 Å². The van der Waals surface area contributed by atoms with Gasteiger partial charge in [-0.25, -0.2) is 4.79 Å². The number of esters is 1. The molecule has 1 saturated heterocycles. The molecule has 3 rings (SSSR count). The first-order chi connectivity index (χ1) is 13.5. The smallest absolute Gasteiger partial charge is 0.337 e. The minimum Gasteiger partial charge on any atom is -0.496 e. The van der Waals surface area contributed by atoms with Gasteiger partial charge in [0.05, 0.1) is 25.7 Å². The normalized spacial score (nSPS) is 16.0. The first kappa shape index (κ1) is 19.4. The number of nitrogens with zero attached hydrogens (tertiary/aromatic N) is 1. The maximum absolute atomic E-state index is 12.5. The van der Waals surface area contributed by atoms with Gasteiger partial charge in [-0.1, -0.05) is 18.2 Å². The Hall–Kier alpha value is -3.35. The molecule has 0 saturated carbocycles. The van der Waals surface area contributed by atoms with Crippen LogP contribution in [0.1, 0.15) is 22.3 Å². The number of para-hydroxylation sites is 1. The van der Waals surface area contributed by atoms with Gasteiger partial charge in [0.2, 0.25) is 11.8 Å². The Kier molecular flexibility index (Phi) is 5.93. The first-order valence-electron chi connectivity index (χ1n) is 8.92. The molecule has 1 N–H and O–H groups in total. The molecule has 1 aliphatic rings. The average molecular weight is 382 g/mol. The van der Waals surface area contributed by atoms with E-state index in [0.29, 0.717) is 30.1 Å². The Balaban J connectivity index is 1.62. The summed E-state index contributed by atoms with van der Waals surface area (Å²) in [5.74, 6) is -0.454. The summed E-state index contributed by atoms with van der Waals surface area (Å²) < 4.78 is 9.95. The van der Waals surface area contributed by atoms with Gasteiger partial charge in [-0.3, -0.25) is 9.59 Å². The lowest BCUT2D eigenvalue weighted by atomic mass is 10.1. The van der Waals surface area contributed by atoms with Gasteiger partial charge in [0.15, 0.2) is 0 Å². The summed E-state index contributed by atoms with van der Waals surface area (Å²) in [6, 6.07) is 14.0. The third-order valence-electron chi connectivity index (χ3n) is 4.74. The average Bonchev–Trinajstić information content (AvgIpc) is 3.13. The third kappa shape index (κ3) is 4.14. The molecule has 0 aromatic heterocycles. The van der Waals surface area contributed by atoms with Crippen LogP contribution in [0.4, 0.5) is 5.69 Å². The van der Waals surface area contributed by atoms with Crippen LogP contribution in [0.2, 0.25) is 0 Å². The van der Waals surface area contributed by atoms with Gasteiger partial charge < -0.3 is 19.7 Å². The van der Waals surface area contributed by atoms with Crippen molar-refractivity contribution in [3.8, 4) is 5.75 Å². The fraction of sp³-hybridized carbons (Fsp3) is 0.286. The topological polar surface area (TPSA) is 84.9 Å². The number of anilines is 1. The van der Waals surface area contributed by atoms with E-state index in [1.165, 1.54) is 7.11 Å². The van der Waals surface area contributed by atoms with Crippen molar-refractivity contribution in [1.29, 1.82) is 0 Å². The number of nitrogens with one attached hydrogen (secondary N) is 1. The summed E-state index contributed by atoms with van der Waals surface area (Å²) in [4.78, 5) is 38.0. The van der Waals surface area contributed by atoms with Crippen molar-refractivity contribution in [3.05, 3.63) is 59.7 Å². The maximum atomic E-state index is 12.5. The summed E-state index contributed by atoms with van der Waals surface area (Å²) in [7, 11) is 2.90. The molecule has 1 fully saturated rings. The minimum atomic E-state index is -0.437. The Morgan fingerprint density at radius 2 is 1.82 bits per heavy atom. The van der Waals surface area contributed by atoms with Crippen LogP contribution in [0.5, 0.6) is 5.75 Å². The lowest BCUT2D eigenvalue weighted by Gasteiger charge is -2.17. The first-order valence-corrected chi connectivity index (χ1v) is 8.92. The molecule has 146 valence electrons. The van der Waals surface area contributed by atoms with Crippen LogP contribution in [-0.4, -0.2) is 38.5 Å². The predicted molar refractivity (Wildman–Crippen MR) is 103 cm³/mol. The van der Waals surface area contributed by atoms with E-state index >= 15 is 0 Å². The minimum absolute atomic E-state index is 0.122. The van der Waals surface area contributed by atoms with E-state index in [0.717, 1.165) is 5.56 Å². The van der Waals surface area contributed by atoms with Crippen LogP contribution >= 0.6 is 0 Å². The number of rotatable bonds is 6. The van der Waals surface area contributed by atoms with Crippen LogP contribution in [0.25, 0.3) is 0 Å². The summed E-state index contributed by atoms with van der Waals surface area (Å²) in [6.45, 7) is 0.634. The molecule has 7 heteroatoms. The van der Waals surface area contributed by atoms with E-state index in [4.69, 9.17) is 4.74 Å². The van der Waals surface area contributed by atoms with E-state index in [2.05, 4.69) is 10.1 Å². The SMILES string of the molecule is COC(=O)c1ccc(N2CC(C(=O)NCc3ccccc3OC)CC2=O)cc1. The number of methoxy groups -OCH3 is 2. The van der Waals surface area contributed by atoms with Gasteiger partial charge in [-0.15, -0.1) is 0 Å². The van der Waals surface area contributed by atoms with Crippen LogP contribution in [0.3, 0.4) is 0 Å². The zero-order chi connectivity index (χ0) is 20.1. The molecule has 0 bridgehead atoms. The Labute approximate surface area is 163 Å². The maximum Gasteiger partial charge on any atom is 0.337 e. The third-order valence-corrected chi connectivity index (χ3v) is 4.74. The van der Waals surface area contributed by atoms with Gasteiger partial charge >= 0.3 is 5.97 Å². The highest BCUT2D eigenvalue weighted by atomic mass is 16.5. The molecule has 1 aliphatic heterocycles. The zero-order valence-electron chi connectivity index (χ0n) is 15.8. The molecule has 7 nitrogen and oxygen atoms in total. The number of hydrogen-bond donors (Lipinski definition) is 1. The Morgan fingerprint density at radius 3 is 2.50 bits per heavy atom. The summed E-state index contributed by atoms with van der Waals surface area (Å²) in [6.07, 6.45) is 0.149. The molecule has 2 aromatic rings. The molecule has 1 unspecified atom stereocenters. The number of ether oxygens (including phenoxy) is 2. The largest absolute Gasteiger partial charge is 0.496 e. The predicted octanol–water partition coefficient (Wildman–Crippen LogP) is 2.15. The van der Waals surface area contributed by atoms with Gasteiger partial charge in [-0.05, 0) is 30.3 Å². The second-order valence-electron chi connectivity index (χ2n) is 6.47. The lowest BCUT2D eigenvalue weighted by molar-refractivity contribution is -0.126. The fourth-order valence-corrected chi connectivity index (χ4v) is 3.20. The number of carbonyl (C=O) groups excluding carboxylic acids is 3. The van der Waals surface area contributed by atoms with Crippen LogP contribution in [-0.2, 0) is 20.9 Å². The van der Waals surface area contributed by atoms with Crippen LogP contribution in [0.15, 0.2) is 48.5 Å². The van der Waals surface area contributed by atoms with E-state index in [1.54, 1.807) is 36.3 Å². The Morgan fingerprint density at radius 1 is 1.11 bits per heavy atom. The van der Waals surface area contributed by atoms with Crippen molar-refractivity contribution in [1.82, 2.24) is 5.32 Å². The van der Waals surface area contributed by atoms with Crippen molar-refractivity contribution >= 4 is 23.5 Å². The summed E-state index contributed by atoms with van der Waals surface area (Å²) >= 11 is 0. The number of benzene rings is 2. The quantitative estimate of drug-likeness (QED) is 0.774. The van der Waals surface area contributed by atoms with E-state index < -0.39 is 11.9 Å². The molecule has 0 radical (unpaired) electrons. The molecule has 1 heterocycles. The van der Waals surface area contributed by atoms with Crippen molar-refractivity contribution in [2.45, 2.75) is 13.0 Å². The van der Waals surface area contributed by atoms with Crippen molar-refractivity contribution in [3.63, 3.8) is 0 Å². The summed E-state index contributed by atoms with van der Waals surface area (Å²) in [5, 5.41) is 2.88. The monoisotopic (exact) mass is 382 g/mol. The Bertz CT molecular complexity index is 879. The van der Waals surface area contributed by atoms with Gasteiger partial charge in [-0.2, -0.15) is 0 Å². The number of hydrogen-bond acceptors (Lipinski definition) is 5. The van der Waals surface area contributed by atoms with Gasteiger partial charge in [0, 0.05) is 30.8 Å². The number of carbonyl (C=O) groups is 3. The highest BCUT2D eigenvalue weighted by Crippen LogP contribution is 2.26. The standard InChI is InChI=1S/C21H22N2O5/c1-27-18-6-4-3-5-15(18)12-22-20(25)16-11-19(24)23(13-16)17-9-7-14(8-10-17)21(26)28-2/h3-10,16H,11-13H2,1-2H3,(H,22,25). The molecule has 0 spiro atoms. The van der Waals surface area contributed by atoms with Crippen molar-refractivity contribution in [2.75, 3.05) is 25.7 Å². The van der Waals surface area contributed by atoms with E-state index in [1.807, 2.05) is 24.3 Å². The van der Waals surface area contributed by atoms with E-state index in [9.17, 15) is 14.4 Å². The fourth-order valence-electron chi connectivity index (χ4n) is 3.20. The molecule has 2 amide bonds. The van der Waals surface area contributed by atoms with Crippen LogP contribution < -0.4 is 15.0 Å². The highest BCUT2D eigenvalue weighted by molar-refractivity contribution is 6.00. The molecular formula is C21H22N2O5. The number of amides is 2. The van der Waals surface area contributed by atoms with Crippen LogP contribution in [0, 0.1) is 5.92 Å². The zero-order valence-corrected chi connectivity index (χ0v) is 15.8. The van der Waals surface area contributed by atoms with E-state index in [-0.39, 0.29) is 18.2 Å². The molecular weight excluding hydrogens is 360 g/mol. The summed E-state index contributed by atoms with van der Waals surface area (Å²) in [5.41, 5.74) is 1.93. The molecule has 2 aromatic carbocycles. The highest BCUT2D eigenvalue weighted by Gasteiger charge is 2.35. The molecule has 0 aliphatic carbocycles. The van der Waals surface area contributed by atoms with Gasteiger partial charge in [0.25, 0.3) is 0 Å². The second-order valence-corrected chi connectivity index (χ2v) is 6.47. The lowest BCUT2D eigenvalue weighted by Crippen LogP contribution is -2.32. The van der Waals surface area contributed by atoms with Gasteiger partial charge in [0.1, 0.15) is 5.75 Å².